The molecular weight excluding hydrogens is 432 g/mol. The molecule has 2 fully saturated rings. The van der Waals surface area contributed by atoms with Gasteiger partial charge in [0.1, 0.15) is 6.04 Å². The van der Waals surface area contributed by atoms with E-state index in [1.54, 1.807) is 19.1 Å². The number of carbonyl (C=O) groups is 1. The minimum Gasteiger partial charge on any atom is -0.493 e. The highest BCUT2D eigenvalue weighted by atomic mass is 16.6. The van der Waals surface area contributed by atoms with Crippen LogP contribution in [0.3, 0.4) is 0 Å². The molecule has 0 radical (unpaired) electrons. The molecule has 1 aromatic rings. The number of benzene rings is 1. The summed E-state index contributed by atoms with van der Waals surface area (Å²) in [6, 6.07) is 6.42. The molecule has 1 amide bonds. The fourth-order valence-corrected chi connectivity index (χ4v) is 5.85. The van der Waals surface area contributed by atoms with Crippen molar-refractivity contribution in [1.29, 1.82) is 5.26 Å². The highest BCUT2D eigenvalue weighted by Gasteiger charge is 2.40. The van der Waals surface area contributed by atoms with Gasteiger partial charge in [0, 0.05) is 32.2 Å². The van der Waals surface area contributed by atoms with E-state index in [2.05, 4.69) is 42.3 Å². The lowest BCUT2D eigenvalue weighted by molar-refractivity contribution is 0.00445. The number of nitriles is 1. The smallest absolute Gasteiger partial charge is 0.409 e. The lowest BCUT2D eigenvalue weighted by Gasteiger charge is -2.47. The molecule has 2 saturated heterocycles. The van der Waals surface area contributed by atoms with E-state index in [1.807, 2.05) is 0 Å². The average molecular weight is 471 g/mol. The number of hydrogen-bond acceptors (Lipinski definition) is 7. The number of nitrogens with zero attached hydrogens (tertiary/aromatic N) is 3. The Morgan fingerprint density at radius 2 is 1.94 bits per heavy atom. The summed E-state index contributed by atoms with van der Waals surface area (Å²) in [6.45, 7) is 8.56. The van der Waals surface area contributed by atoms with Gasteiger partial charge in [0.2, 0.25) is 0 Å². The lowest BCUT2D eigenvalue weighted by Crippen LogP contribution is -2.52. The van der Waals surface area contributed by atoms with E-state index in [9.17, 15) is 10.1 Å². The van der Waals surface area contributed by atoms with Crippen LogP contribution in [0, 0.1) is 29.1 Å². The van der Waals surface area contributed by atoms with Gasteiger partial charge in [0.05, 0.1) is 33.4 Å². The molecule has 0 aliphatic carbocycles. The van der Waals surface area contributed by atoms with Gasteiger partial charge in [-0.05, 0) is 60.3 Å². The van der Waals surface area contributed by atoms with Crippen LogP contribution in [-0.4, -0.2) is 75.5 Å². The predicted molar refractivity (Wildman–Crippen MR) is 129 cm³/mol. The Bertz CT molecular complexity index is 915. The Balaban J connectivity index is 1.50. The molecule has 4 atom stereocenters. The molecule has 3 aliphatic rings. The first kappa shape index (κ1) is 24.6. The summed E-state index contributed by atoms with van der Waals surface area (Å²) in [5.74, 6) is 2.91. The molecule has 8 nitrogen and oxygen atoms in total. The van der Waals surface area contributed by atoms with E-state index in [-0.39, 0.29) is 18.2 Å². The normalized spacial score (nSPS) is 26.9. The Labute approximate surface area is 203 Å². The van der Waals surface area contributed by atoms with Gasteiger partial charge in [0.15, 0.2) is 11.5 Å². The third-order valence-electron chi connectivity index (χ3n) is 7.56. The lowest BCUT2D eigenvalue weighted by atomic mass is 9.74. The number of rotatable bonds is 6. The fraction of sp³-hybridized carbons (Fsp3) is 0.692. The van der Waals surface area contributed by atoms with Crippen LogP contribution in [0.25, 0.3) is 0 Å². The van der Waals surface area contributed by atoms with E-state index in [1.165, 1.54) is 11.1 Å². The summed E-state index contributed by atoms with van der Waals surface area (Å²) in [4.78, 5) is 17.1. The maximum absolute atomic E-state index is 12.8. The van der Waals surface area contributed by atoms with Gasteiger partial charge in [-0.15, -0.1) is 0 Å². The van der Waals surface area contributed by atoms with E-state index in [0.29, 0.717) is 44.0 Å². The van der Waals surface area contributed by atoms with Crippen LogP contribution >= 0.6 is 0 Å². The molecule has 3 heterocycles. The van der Waals surface area contributed by atoms with Crippen LogP contribution < -0.4 is 14.8 Å². The topological polar surface area (TPSA) is 87.1 Å². The van der Waals surface area contributed by atoms with Crippen molar-refractivity contribution in [1.82, 2.24) is 15.1 Å². The summed E-state index contributed by atoms with van der Waals surface area (Å²) in [6.07, 6.45) is 2.77. The molecule has 0 saturated carbocycles. The second-order valence-corrected chi connectivity index (χ2v) is 10.2. The van der Waals surface area contributed by atoms with E-state index >= 15 is 0 Å². The monoisotopic (exact) mass is 470 g/mol. The van der Waals surface area contributed by atoms with Gasteiger partial charge >= 0.3 is 6.09 Å². The summed E-state index contributed by atoms with van der Waals surface area (Å²) in [5, 5.41) is 12.3. The van der Waals surface area contributed by atoms with Crippen molar-refractivity contribution in [2.75, 3.05) is 53.6 Å². The zero-order chi connectivity index (χ0) is 24.2. The first-order valence-corrected chi connectivity index (χ1v) is 12.5. The summed E-state index contributed by atoms with van der Waals surface area (Å²) in [7, 11) is 3.36. The predicted octanol–water partition coefficient (Wildman–Crippen LogP) is 3.22. The number of fused-ring (bicyclic) bond motifs is 3. The Kier molecular flexibility index (Phi) is 7.84. The number of amides is 1. The van der Waals surface area contributed by atoms with Crippen molar-refractivity contribution in [3.63, 3.8) is 0 Å². The van der Waals surface area contributed by atoms with Crippen LogP contribution in [0.5, 0.6) is 11.5 Å². The Morgan fingerprint density at radius 1 is 1.18 bits per heavy atom. The number of piperidine rings is 1. The highest BCUT2D eigenvalue weighted by Crippen LogP contribution is 2.45. The standard InChI is InChI=1S/C26H38N4O4/c1-17(2)9-19-14-29-7-5-18-11-24(32-3)25(33-4)12-22(18)23(29)10-20(19)16-34-26(31)30-8-6-28-21(13-27)15-30/h11-12,17,19-21,23,28H,5-10,14-16H2,1-4H3/t19?,20?,21-,23?/m1/s1. The molecule has 1 aromatic carbocycles. The fourth-order valence-electron chi connectivity index (χ4n) is 5.85. The molecule has 4 rings (SSSR count). The van der Waals surface area contributed by atoms with Gasteiger partial charge in [-0.2, -0.15) is 5.26 Å². The van der Waals surface area contributed by atoms with Gasteiger partial charge in [-0.25, -0.2) is 4.79 Å². The quantitative estimate of drug-likeness (QED) is 0.683. The molecule has 186 valence electrons. The zero-order valence-electron chi connectivity index (χ0n) is 20.9. The summed E-state index contributed by atoms with van der Waals surface area (Å²) >= 11 is 0. The molecule has 0 spiro atoms. The number of carbonyl (C=O) groups excluding carboxylic acids is 1. The number of hydrogen-bond donors (Lipinski definition) is 1. The van der Waals surface area contributed by atoms with Gasteiger partial charge in [0.25, 0.3) is 0 Å². The van der Waals surface area contributed by atoms with E-state index in [4.69, 9.17) is 14.2 Å². The minimum absolute atomic E-state index is 0.290. The third-order valence-corrected chi connectivity index (χ3v) is 7.56. The van der Waals surface area contributed by atoms with Crippen LogP contribution in [0.2, 0.25) is 0 Å². The first-order valence-electron chi connectivity index (χ1n) is 12.5. The number of nitrogens with one attached hydrogen (secondary N) is 1. The number of piperazine rings is 1. The first-order chi connectivity index (χ1) is 16.4. The van der Waals surface area contributed by atoms with Gasteiger partial charge in [-0.3, -0.25) is 10.2 Å². The van der Waals surface area contributed by atoms with Crippen molar-refractivity contribution in [2.24, 2.45) is 17.8 Å². The summed E-state index contributed by atoms with van der Waals surface area (Å²) in [5.41, 5.74) is 2.63. The molecule has 3 unspecified atom stereocenters. The number of methoxy groups -OCH3 is 2. The second kappa shape index (κ2) is 10.8. The van der Waals surface area contributed by atoms with Crippen molar-refractivity contribution < 1.29 is 19.0 Å². The highest BCUT2D eigenvalue weighted by molar-refractivity contribution is 5.68. The van der Waals surface area contributed by atoms with Crippen LogP contribution in [-0.2, 0) is 11.2 Å². The Morgan fingerprint density at radius 3 is 2.65 bits per heavy atom. The largest absolute Gasteiger partial charge is 0.493 e. The van der Waals surface area contributed by atoms with Crippen molar-refractivity contribution in [3.8, 4) is 17.6 Å². The van der Waals surface area contributed by atoms with Crippen molar-refractivity contribution >= 4 is 6.09 Å². The molecule has 1 N–H and O–H groups in total. The van der Waals surface area contributed by atoms with Crippen LogP contribution in [0.1, 0.15) is 43.9 Å². The molecular formula is C26H38N4O4. The molecule has 3 aliphatic heterocycles. The third kappa shape index (κ3) is 5.26. The average Bonchev–Trinajstić information content (AvgIpc) is 2.85. The Hall–Kier alpha value is -2.50. The molecule has 8 heteroatoms. The minimum atomic E-state index is -0.330. The van der Waals surface area contributed by atoms with Gasteiger partial charge < -0.3 is 19.1 Å². The maximum Gasteiger partial charge on any atom is 0.409 e. The second-order valence-electron chi connectivity index (χ2n) is 10.2. The SMILES string of the molecule is COc1cc2c(cc1OC)C1CC(COC(=O)N3CCN[C@H](C#N)C3)C(CC(C)C)CN1CC2. The van der Waals surface area contributed by atoms with Gasteiger partial charge in [-0.1, -0.05) is 13.8 Å². The van der Waals surface area contributed by atoms with E-state index in [0.717, 1.165) is 43.9 Å². The molecule has 0 bridgehead atoms. The van der Waals surface area contributed by atoms with Crippen molar-refractivity contribution in [2.45, 2.75) is 45.2 Å². The van der Waals surface area contributed by atoms with Crippen LogP contribution in [0.15, 0.2) is 12.1 Å². The van der Waals surface area contributed by atoms with E-state index < -0.39 is 0 Å². The zero-order valence-corrected chi connectivity index (χ0v) is 20.9. The number of ether oxygens (including phenoxy) is 3. The summed E-state index contributed by atoms with van der Waals surface area (Å²) < 4.78 is 17.0. The molecule has 34 heavy (non-hydrogen) atoms. The molecule has 0 aromatic heterocycles. The van der Waals surface area contributed by atoms with Crippen molar-refractivity contribution in [3.05, 3.63) is 23.3 Å². The van der Waals surface area contributed by atoms with Crippen LogP contribution in [0.4, 0.5) is 4.79 Å². The maximum atomic E-state index is 12.8.